The van der Waals surface area contributed by atoms with Gasteiger partial charge >= 0.3 is 5.97 Å². The number of aliphatic carboxylic acids is 1. The number of carbonyl (C=O) groups is 6. The lowest BCUT2D eigenvalue weighted by Crippen LogP contribution is -2.59. The van der Waals surface area contributed by atoms with E-state index in [-0.39, 0.29) is 24.7 Å². The van der Waals surface area contributed by atoms with E-state index < -0.39 is 72.3 Å². The van der Waals surface area contributed by atoms with Gasteiger partial charge in [-0.3, -0.25) is 24.0 Å². The summed E-state index contributed by atoms with van der Waals surface area (Å²) < 4.78 is 0. The second-order valence-corrected chi connectivity index (χ2v) is 10.9. The topological polar surface area (TPSA) is 209 Å². The highest BCUT2D eigenvalue weighted by Crippen LogP contribution is 2.11. The van der Waals surface area contributed by atoms with Crippen molar-refractivity contribution in [1.29, 1.82) is 0 Å². The van der Waals surface area contributed by atoms with Crippen molar-refractivity contribution < 1.29 is 33.9 Å². The number of nitrogens with one attached hydrogen (secondary N) is 5. The first-order chi connectivity index (χ1) is 19.7. The van der Waals surface area contributed by atoms with Crippen molar-refractivity contribution in [2.75, 3.05) is 6.54 Å². The molecule has 1 aromatic carbocycles. The van der Waals surface area contributed by atoms with Crippen molar-refractivity contribution in [3.63, 3.8) is 0 Å². The van der Waals surface area contributed by atoms with Gasteiger partial charge in [-0.05, 0) is 37.7 Å². The van der Waals surface area contributed by atoms with Gasteiger partial charge in [-0.15, -0.1) is 0 Å². The van der Waals surface area contributed by atoms with E-state index in [2.05, 4.69) is 26.6 Å². The maximum atomic E-state index is 13.2. The van der Waals surface area contributed by atoms with Crippen LogP contribution in [0.4, 0.5) is 0 Å². The largest absolute Gasteiger partial charge is 0.480 e. The van der Waals surface area contributed by atoms with Crippen LogP contribution in [-0.4, -0.2) is 77.4 Å². The van der Waals surface area contributed by atoms with Crippen LogP contribution in [0.5, 0.6) is 0 Å². The lowest BCUT2D eigenvalue weighted by molar-refractivity contribution is -0.143. The first-order valence-corrected chi connectivity index (χ1v) is 14.2. The monoisotopic (exact) mass is 590 g/mol. The summed E-state index contributed by atoms with van der Waals surface area (Å²) in [5.41, 5.74) is 6.24. The molecule has 0 unspecified atom stereocenters. The molecule has 0 spiro atoms. The van der Waals surface area contributed by atoms with E-state index in [0.717, 1.165) is 5.56 Å². The molecule has 0 saturated carbocycles. The zero-order valence-electron chi connectivity index (χ0n) is 25.2. The average molecular weight is 591 g/mol. The lowest BCUT2D eigenvalue weighted by Gasteiger charge is -2.28. The molecule has 0 fully saturated rings. The molecular weight excluding hydrogens is 544 g/mol. The highest BCUT2D eigenvalue weighted by molar-refractivity contribution is 5.95. The number of hydrogen-bond acceptors (Lipinski definition) is 7. The van der Waals surface area contributed by atoms with Gasteiger partial charge in [0.25, 0.3) is 0 Å². The van der Waals surface area contributed by atoms with Crippen LogP contribution in [0, 0.1) is 11.8 Å². The third-order valence-electron chi connectivity index (χ3n) is 6.64. The van der Waals surface area contributed by atoms with Gasteiger partial charge in [-0.25, -0.2) is 4.79 Å². The molecule has 234 valence electrons. The molecule has 0 saturated heterocycles. The third-order valence-corrected chi connectivity index (χ3v) is 6.64. The van der Waals surface area contributed by atoms with Crippen molar-refractivity contribution in [2.45, 2.75) is 91.0 Å². The second kappa shape index (κ2) is 17.7. The Kier molecular flexibility index (Phi) is 15.2. The maximum absolute atomic E-state index is 13.2. The summed E-state index contributed by atoms with van der Waals surface area (Å²) in [5.74, 6) is -4.58. The molecule has 0 aliphatic rings. The Morgan fingerprint density at radius 3 is 1.93 bits per heavy atom. The Labute approximate surface area is 247 Å². The first kappa shape index (κ1) is 36.0. The Morgan fingerprint density at radius 2 is 1.40 bits per heavy atom. The predicted molar refractivity (Wildman–Crippen MR) is 157 cm³/mol. The first-order valence-electron chi connectivity index (χ1n) is 14.2. The Balaban J connectivity index is 2.99. The van der Waals surface area contributed by atoms with Crippen LogP contribution in [0.2, 0.25) is 0 Å². The van der Waals surface area contributed by atoms with Gasteiger partial charge < -0.3 is 37.4 Å². The summed E-state index contributed by atoms with van der Waals surface area (Å²) in [5, 5.41) is 22.2. The Morgan fingerprint density at radius 1 is 0.786 bits per heavy atom. The summed E-state index contributed by atoms with van der Waals surface area (Å²) in [7, 11) is 0. The standard InChI is InChI=1S/C29H46N6O7/c1-7-17(4)24(28(40)34-22(29(41)42)13-16(2)3)35-26(38)19(6)32-27(39)21(14-20-11-9-8-10-12-20)33-23(36)15-31-25(37)18(5)30/h8-12,16-19,21-22,24H,7,13-15,30H2,1-6H3,(H,31,37)(H,32,39)(H,33,36)(H,34,40)(H,35,38)(H,41,42)/t17-,18-,19-,21-,22-,24-/m0/s1. The van der Waals surface area contributed by atoms with E-state index in [0.29, 0.717) is 6.42 Å². The number of carbonyl (C=O) groups excluding carboxylic acids is 5. The minimum absolute atomic E-state index is 0.0167. The molecule has 0 aromatic heterocycles. The van der Waals surface area contributed by atoms with Gasteiger partial charge in [0.15, 0.2) is 0 Å². The van der Waals surface area contributed by atoms with E-state index in [1.54, 1.807) is 37.3 Å². The fraction of sp³-hybridized carbons (Fsp3) is 0.586. The number of rotatable bonds is 17. The number of nitrogens with two attached hydrogens (primary N) is 1. The number of hydrogen-bond donors (Lipinski definition) is 7. The van der Waals surface area contributed by atoms with Crippen molar-refractivity contribution >= 4 is 35.5 Å². The summed E-state index contributed by atoms with van der Waals surface area (Å²) in [6.07, 6.45) is 0.849. The van der Waals surface area contributed by atoms with Gasteiger partial charge in [0.1, 0.15) is 24.2 Å². The Hall–Kier alpha value is -4.00. The second-order valence-electron chi connectivity index (χ2n) is 10.9. The van der Waals surface area contributed by atoms with E-state index in [1.165, 1.54) is 13.8 Å². The molecule has 0 aliphatic heterocycles. The van der Waals surface area contributed by atoms with Crippen LogP contribution < -0.4 is 32.3 Å². The molecule has 13 heteroatoms. The smallest absolute Gasteiger partial charge is 0.326 e. The number of carboxylic acids is 1. The predicted octanol–water partition coefficient (Wildman–Crippen LogP) is -0.172. The fourth-order valence-electron chi connectivity index (χ4n) is 3.95. The zero-order valence-corrected chi connectivity index (χ0v) is 25.2. The van der Waals surface area contributed by atoms with Crippen LogP contribution in [0.3, 0.4) is 0 Å². The summed E-state index contributed by atoms with van der Waals surface area (Å²) in [4.78, 5) is 75.2. The molecule has 1 rings (SSSR count). The van der Waals surface area contributed by atoms with Crippen LogP contribution in [0.1, 0.15) is 59.9 Å². The van der Waals surface area contributed by atoms with Gasteiger partial charge in [0.2, 0.25) is 29.5 Å². The quantitative estimate of drug-likeness (QED) is 0.129. The average Bonchev–Trinajstić information content (AvgIpc) is 2.93. The number of carboxylic acid groups (broad SMARTS) is 1. The van der Waals surface area contributed by atoms with E-state index in [1.807, 2.05) is 20.8 Å². The SMILES string of the molecule is CC[C@H](C)[C@H](NC(=O)[C@H](C)NC(=O)[C@H](Cc1ccccc1)NC(=O)CNC(=O)[C@H](C)N)C(=O)N[C@@H](CC(C)C)C(=O)O. The minimum Gasteiger partial charge on any atom is -0.480 e. The molecule has 13 nitrogen and oxygen atoms in total. The normalized spacial score (nSPS) is 15.2. The van der Waals surface area contributed by atoms with Crippen LogP contribution in [0.15, 0.2) is 30.3 Å². The van der Waals surface area contributed by atoms with Gasteiger partial charge in [0.05, 0.1) is 12.6 Å². The molecular formula is C29H46N6O7. The molecule has 8 N–H and O–H groups in total. The van der Waals surface area contributed by atoms with Gasteiger partial charge in [0, 0.05) is 6.42 Å². The number of amides is 5. The summed E-state index contributed by atoms with van der Waals surface area (Å²) in [6, 6.07) is 3.77. The molecule has 0 radical (unpaired) electrons. The van der Waals surface area contributed by atoms with Gasteiger partial charge in [-0.1, -0.05) is 64.4 Å². The molecule has 5 amide bonds. The van der Waals surface area contributed by atoms with Crippen molar-refractivity contribution in [3.05, 3.63) is 35.9 Å². The fourth-order valence-corrected chi connectivity index (χ4v) is 3.95. The van der Waals surface area contributed by atoms with Crippen LogP contribution in [-0.2, 0) is 35.2 Å². The van der Waals surface area contributed by atoms with Gasteiger partial charge in [-0.2, -0.15) is 0 Å². The maximum Gasteiger partial charge on any atom is 0.326 e. The van der Waals surface area contributed by atoms with Crippen molar-refractivity contribution in [2.24, 2.45) is 17.6 Å². The molecule has 0 aliphatic carbocycles. The van der Waals surface area contributed by atoms with Crippen molar-refractivity contribution in [3.8, 4) is 0 Å². The highest BCUT2D eigenvalue weighted by atomic mass is 16.4. The van der Waals surface area contributed by atoms with Crippen LogP contribution in [0.25, 0.3) is 0 Å². The molecule has 1 aromatic rings. The summed E-state index contributed by atoms with van der Waals surface area (Å²) >= 11 is 0. The summed E-state index contributed by atoms with van der Waals surface area (Å²) in [6.45, 7) is 9.77. The Bertz CT molecular complexity index is 1080. The highest BCUT2D eigenvalue weighted by Gasteiger charge is 2.32. The van der Waals surface area contributed by atoms with Crippen molar-refractivity contribution in [1.82, 2.24) is 26.6 Å². The van der Waals surface area contributed by atoms with E-state index >= 15 is 0 Å². The van der Waals surface area contributed by atoms with E-state index in [9.17, 15) is 33.9 Å². The molecule has 0 bridgehead atoms. The van der Waals surface area contributed by atoms with Crippen LogP contribution >= 0.6 is 0 Å². The molecule has 6 atom stereocenters. The van der Waals surface area contributed by atoms with E-state index in [4.69, 9.17) is 5.73 Å². The minimum atomic E-state index is -1.17. The lowest BCUT2D eigenvalue weighted by atomic mass is 9.96. The number of benzene rings is 1. The molecule has 0 heterocycles. The molecule has 42 heavy (non-hydrogen) atoms. The third kappa shape index (κ3) is 12.7. The zero-order chi connectivity index (χ0) is 32.0.